The summed E-state index contributed by atoms with van der Waals surface area (Å²) >= 11 is 0. The number of hydrogen-bond donors (Lipinski definition) is 1. The van der Waals surface area contributed by atoms with Gasteiger partial charge in [0.2, 0.25) is 0 Å². The van der Waals surface area contributed by atoms with Crippen molar-refractivity contribution in [1.82, 2.24) is 0 Å². The maximum absolute atomic E-state index is 12.3. The predicted octanol–water partition coefficient (Wildman–Crippen LogP) is 3.54. The Morgan fingerprint density at radius 1 is 1.24 bits per heavy atom. The molecule has 0 aliphatic carbocycles. The fourth-order valence-corrected chi connectivity index (χ4v) is 1.38. The molecule has 0 aliphatic rings. The Balaban J connectivity index is 2.51. The first-order valence-electron chi connectivity index (χ1n) is 5.46. The van der Waals surface area contributed by atoms with Crippen LogP contribution in [-0.4, -0.2) is 19.3 Å². The van der Waals surface area contributed by atoms with Gasteiger partial charge in [-0.1, -0.05) is 0 Å². The first kappa shape index (κ1) is 13.8. The Bertz CT molecular complexity index is 335. The molecule has 1 N–H and O–H groups in total. The van der Waals surface area contributed by atoms with Gasteiger partial charge in [0.15, 0.2) is 0 Å². The Morgan fingerprint density at radius 3 is 2.29 bits per heavy atom. The molecule has 1 atom stereocenters. The molecule has 0 saturated heterocycles. The zero-order chi connectivity index (χ0) is 12.9. The number of rotatable bonds is 5. The molecule has 0 radical (unpaired) electrons. The Kier molecular flexibility index (Phi) is 4.81. The number of halogens is 3. The van der Waals surface area contributed by atoms with E-state index in [2.05, 4.69) is 5.32 Å². The summed E-state index contributed by atoms with van der Waals surface area (Å²) in [6.07, 6.45) is -4.25. The standard InChI is InChI=1S/C12H16F3NO/c1-3-17-9(2)8-16-11-6-4-10(5-7-11)12(13,14)15/h4-7,9,16H,3,8H2,1-2H3. The molecule has 0 amide bonds. The maximum atomic E-state index is 12.3. The van der Waals surface area contributed by atoms with E-state index in [0.717, 1.165) is 12.1 Å². The lowest BCUT2D eigenvalue weighted by atomic mass is 10.2. The van der Waals surface area contributed by atoms with Gasteiger partial charge in [0.1, 0.15) is 0 Å². The van der Waals surface area contributed by atoms with E-state index in [0.29, 0.717) is 18.8 Å². The van der Waals surface area contributed by atoms with Gasteiger partial charge < -0.3 is 10.1 Å². The average molecular weight is 247 g/mol. The lowest BCUT2D eigenvalue weighted by Crippen LogP contribution is -2.19. The minimum atomic E-state index is -4.28. The molecule has 0 fully saturated rings. The molecule has 1 aromatic carbocycles. The quantitative estimate of drug-likeness (QED) is 0.859. The molecular formula is C12H16F3NO. The summed E-state index contributed by atoms with van der Waals surface area (Å²) in [6.45, 7) is 4.99. The zero-order valence-electron chi connectivity index (χ0n) is 9.84. The van der Waals surface area contributed by atoms with Crippen molar-refractivity contribution in [3.63, 3.8) is 0 Å². The van der Waals surface area contributed by atoms with Crippen molar-refractivity contribution in [3.8, 4) is 0 Å². The highest BCUT2D eigenvalue weighted by molar-refractivity contribution is 5.45. The van der Waals surface area contributed by atoms with E-state index in [-0.39, 0.29) is 6.10 Å². The smallest absolute Gasteiger partial charge is 0.382 e. The monoisotopic (exact) mass is 247 g/mol. The van der Waals surface area contributed by atoms with Crippen molar-refractivity contribution >= 4 is 5.69 Å². The van der Waals surface area contributed by atoms with Crippen molar-refractivity contribution in [2.45, 2.75) is 26.1 Å². The van der Waals surface area contributed by atoms with E-state index in [4.69, 9.17) is 4.74 Å². The van der Waals surface area contributed by atoms with E-state index in [1.165, 1.54) is 12.1 Å². The summed E-state index contributed by atoms with van der Waals surface area (Å²) in [7, 11) is 0. The Labute approximate surface area is 98.8 Å². The molecule has 0 saturated carbocycles. The van der Waals surface area contributed by atoms with Crippen LogP contribution in [0.3, 0.4) is 0 Å². The summed E-state index contributed by atoms with van der Waals surface area (Å²) in [6, 6.07) is 4.96. The number of benzene rings is 1. The third-order valence-electron chi connectivity index (χ3n) is 2.26. The highest BCUT2D eigenvalue weighted by atomic mass is 19.4. The lowest BCUT2D eigenvalue weighted by molar-refractivity contribution is -0.137. The van der Waals surface area contributed by atoms with E-state index in [1.807, 2.05) is 13.8 Å². The fraction of sp³-hybridized carbons (Fsp3) is 0.500. The van der Waals surface area contributed by atoms with Crippen molar-refractivity contribution in [3.05, 3.63) is 29.8 Å². The molecule has 0 spiro atoms. The van der Waals surface area contributed by atoms with Crippen LogP contribution in [0.2, 0.25) is 0 Å². The Morgan fingerprint density at radius 2 is 1.82 bits per heavy atom. The highest BCUT2D eigenvalue weighted by Gasteiger charge is 2.29. The summed E-state index contributed by atoms with van der Waals surface area (Å²) in [5.41, 5.74) is 0.0189. The number of nitrogens with one attached hydrogen (secondary N) is 1. The van der Waals surface area contributed by atoms with Crippen LogP contribution in [0, 0.1) is 0 Å². The molecule has 0 aliphatic heterocycles. The van der Waals surface area contributed by atoms with E-state index in [1.54, 1.807) is 0 Å². The van der Waals surface area contributed by atoms with Gasteiger partial charge in [-0.25, -0.2) is 0 Å². The molecule has 96 valence electrons. The third-order valence-corrected chi connectivity index (χ3v) is 2.26. The van der Waals surface area contributed by atoms with Crippen LogP contribution in [0.1, 0.15) is 19.4 Å². The van der Waals surface area contributed by atoms with Gasteiger partial charge in [-0.3, -0.25) is 0 Å². The number of hydrogen-bond acceptors (Lipinski definition) is 2. The van der Waals surface area contributed by atoms with Gasteiger partial charge in [-0.05, 0) is 38.1 Å². The van der Waals surface area contributed by atoms with Crippen LogP contribution in [0.5, 0.6) is 0 Å². The predicted molar refractivity (Wildman–Crippen MR) is 61.0 cm³/mol. The van der Waals surface area contributed by atoms with Gasteiger partial charge in [0, 0.05) is 18.8 Å². The van der Waals surface area contributed by atoms with E-state index in [9.17, 15) is 13.2 Å². The summed E-state index contributed by atoms with van der Waals surface area (Å²) < 4.78 is 42.2. The number of ether oxygens (including phenoxy) is 1. The first-order chi connectivity index (χ1) is 7.93. The van der Waals surface area contributed by atoms with Gasteiger partial charge in [-0.15, -0.1) is 0 Å². The summed E-state index contributed by atoms with van der Waals surface area (Å²) in [5, 5.41) is 3.02. The van der Waals surface area contributed by atoms with Gasteiger partial charge in [0.05, 0.1) is 11.7 Å². The molecule has 0 aromatic heterocycles. The highest BCUT2D eigenvalue weighted by Crippen LogP contribution is 2.29. The van der Waals surface area contributed by atoms with Crippen LogP contribution in [0.25, 0.3) is 0 Å². The molecule has 0 bridgehead atoms. The van der Waals surface area contributed by atoms with Crippen LogP contribution in [0.4, 0.5) is 18.9 Å². The second kappa shape index (κ2) is 5.91. The minimum Gasteiger partial charge on any atom is -0.382 e. The van der Waals surface area contributed by atoms with E-state index >= 15 is 0 Å². The number of alkyl halides is 3. The lowest BCUT2D eigenvalue weighted by Gasteiger charge is -2.14. The zero-order valence-corrected chi connectivity index (χ0v) is 9.84. The Hall–Kier alpha value is -1.23. The van der Waals surface area contributed by atoms with E-state index < -0.39 is 11.7 Å². The molecule has 1 rings (SSSR count). The van der Waals surface area contributed by atoms with Gasteiger partial charge in [0.25, 0.3) is 0 Å². The van der Waals surface area contributed by atoms with Crippen LogP contribution in [-0.2, 0) is 10.9 Å². The van der Waals surface area contributed by atoms with Gasteiger partial charge >= 0.3 is 6.18 Å². The van der Waals surface area contributed by atoms with Gasteiger partial charge in [-0.2, -0.15) is 13.2 Å². The van der Waals surface area contributed by atoms with Crippen LogP contribution < -0.4 is 5.32 Å². The second-order valence-corrected chi connectivity index (χ2v) is 3.72. The fourth-order valence-electron chi connectivity index (χ4n) is 1.38. The topological polar surface area (TPSA) is 21.3 Å². The van der Waals surface area contributed by atoms with Crippen molar-refractivity contribution in [2.75, 3.05) is 18.5 Å². The molecule has 1 aromatic rings. The largest absolute Gasteiger partial charge is 0.416 e. The normalized spacial score (nSPS) is 13.5. The third kappa shape index (κ3) is 4.65. The number of anilines is 1. The molecule has 2 nitrogen and oxygen atoms in total. The molecular weight excluding hydrogens is 231 g/mol. The van der Waals surface area contributed by atoms with Crippen molar-refractivity contribution in [2.24, 2.45) is 0 Å². The maximum Gasteiger partial charge on any atom is 0.416 e. The van der Waals surface area contributed by atoms with Crippen LogP contribution in [0.15, 0.2) is 24.3 Å². The molecule has 1 unspecified atom stereocenters. The summed E-state index contributed by atoms with van der Waals surface area (Å²) in [4.78, 5) is 0. The second-order valence-electron chi connectivity index (χ2n) is 3.72. The minimum absolute atomic E-state index is 0.0299. The molecule has 5 heteroatoms. The van der Waals surface area contributed by atoms with Crippen LogP contribution >= 0.6 is 0 Å². The van der Waals surface area contributed by atoms with Crippen molar-refractivity contribution in [1.29, 1.82) is 0 Å². The first-order valence-corrected chi connectivity index (χ1v) is 5.46. The van der Waals surface area contributed by atoms with Crippen molar-refractivity contribution < 1.29 is 17.9 Å². The molecule has 17 heavy (non-hydrogen) atoms. The summed E-state index contributed by atoms with van der Waals surface area (Å²) in [5.74, 6) is 0. The molecule has 0 heterocycles. The SMILES string of the molecule is CCOC(C)CNc1ccc(C(F)(F)F)cc1. The average Bonchev–Trinajstić information content (AvgIpc) is 2.26.